The van der Waals surface area contributed by atoms with Crippen molar-refractivity contribution in [2.24, 2.45) is 0 Å². The maximum Gasteiger partial charge on any atom is 0.265 e. The van der Waals surface area contributed by atoms with Crippen molar-refractivity contribution in [1.82, 2.24) is 14.8 Å². The number of thiazole rings is 1. The van der Waals surface area contributed by atoms with Gasteiger partial charge in [0.15, 0.2) is 0 Å². The van der Waals surface area contributed by atoms with Crippen LogP contribution in [0.25, 0.3) is 9.88 Å². The highest BCUT2D eigenvalue weighted by atomic mass is 32.1. The Labute approximate surface area is 177 Å². The Kier molecular flexibility index (Phi) is 6.03. The second-order valence-electron chi connectivity index (χ2n) is 6.89. The van der Waals surface area contributed by atoms with E-state index in [9.17, 15) is 9.59 Å². The number of para-hydroxylation sites is 1. The SMILES string of the molecule is Cc1nc(-c2cccs2)sc1C(=O)N1CCN(CC(=O)Nc2ccccc2)CC1. The first-order valence-corrected chi connectivity index (χ1v) is 11.2. The minimum atomic E-state index is -0.0325. The van der Waals surface area contributed by atoms with Crippen molar-refractivity contribution in [1.29, 1.82) is 0 Å². The average Bonchev–Trinajstić information content (AvgIpc) is 3.38. The zero-order valence-corrected chi connectivity index (χ0v) is 17.8. The van der Waals surface area contributed by atoms with Gasteiger partial charge in [-0.05, 0) is 30.5 Å². The topological polar surface area (TPSA) is 65.5 Å². The van der Waals surface area contributed by atoms with Crippen LogP contribution in [0.4, 0.5) is 5.69 Å². The molecule has 3 heterocycles. The summed E-state index contributed by atoms with van der Waals surface area (Å²) in [5.41, 5.74) is 1.58. The molecule has 1 aliphatic rings. The van der Waals surface area contributed by atoms with E-state index < -0.39 is 0 Å². The van der Waals surface area contributed by atoms with Gasteiger partial charge in [0.1, 0.15) is 9.88 Å². The molecule has 0 unspecified atom stereocenters. The Bertz CT molecular complexity index is 978. The highest BCUT2D eigenvalue weighted by Gasteiger charge is 2.26. The molecule has 8 heteroatoms. The molecule has 1 aliphatic heterocycles. The lowest BCUT2D eigenvalue weighted by Gasteiger charge is -2.34. The lowest BCUT2D eigenvalue weighted by molar-refractivity contribution is -0.117. The maximum absolute atomic E-state index is 13.0. The van der Waals surface area contributed by atoms with Crippen LogP contribution < -0.4 is 5.32 Å². The Morgan fingerprint density at radius 2 is 1.83 bits per heavy atom. The minimum Gasteiger partial charge on any atom is -0.335 e. The fourth-order valence-corrected chi connectivity index (χ4v) is 5.11. The number of rotatable bonds is 5. The van der Waals surface area contributed by atoms with Crippen molar-refractivity contribution in [2.45, 2.75) is 6.92 Å². The van der Waals surface area contributed by atoms with Gasteiger partial charge in [-0.3, -0.25) is 14.5 Å². The second-order valence-corrected chi connectivity index (χ2v) is 8.84. The van der Waals surface area contributed by atoms with Crippen LogP contribution in [-0.2, 0) is 4.79 Å². The number of aromatic nitrogens is 1. The van der Waals surface area contributed by atoms with Crippen LogP contribution >= 0.6 is 22.7 Å². The van der Waals surface area contributed by atoms with Gasteiger partial charge in [-0.15, -0.1) is 22.7 Å². The number of piperazine rings is 1. The van der Waals surface area contributed by atoms with Crippen LogP contribution in [0, 0.1) is 6.92 Å². The van der Waals surface area contributed by atoms with Gasteiger partial charge in [0.05, 0.1) is 17.1 Å². The quantitative estimate of drug-likeness (QED) is 0.677. The van der Waals surface area contributed by atoms with E-state index in [1.165, 1.54) is 11.3 Å². The van der Waals surface area contributed by atoms with E-state index in [0.29, 0.717) is 37.6 Å². The summed E-state index contributed by atoms with van der Waals surface area (Å²) in [6, 6.07) is 13.5. The molecule has 0 saturated carbocycles. The molecule has 0 aliphatic carbocycles. The summed E-state index contributed by atoms with van der Waals surface area (Å²) in [6.07, 6.45) is 0. The number of amides is 2. The van der Waals surface area contributed by atoms with Gasteiger partial charge in [-0.2, -0.15) is 0 Å². The normalized spacial score (nSPS) is 14.7. The molecule has 2 amide bonds. The molecule has 2 aromatic heterocycles. The smallest absolute Gasteiger partial charge is 0.265 e. The maximum atomic E-state index is 13.0. The summed E-state index contributed by atoms with van der Waals surface area (Å²) in [7, 11) is 0. The molecule has 0 atom stereocenters. The fraction of sp³-hybridized carbons (Fsp3) is 0.286. The highest BCUT2D eigenvalue weighted by molar-refractivity contribution is 7.22. The number of nitrogens with one attached hydrogen (secondary N) is 1. The van der Waals surface area contributed by atoms with Gasteiger partial charge in [0, 0.05) is 31.9 Å². The molecule has 29 heavy (non-hydrogen) atoms. The third-order valence-electron chi connectivity index (χ3n) is 4.81. The van der Waals surface area contributed by atoms with Crippen LogP contribution in [0.3, 0.4) is 0 Å². The number of carbonyl (C=O) groups excluding carboxylic acids is 2. The van der Waals surface area contributed by atoms with Gasteiger partial charge >= 0.3 is 0 Å². The molecular weight excluding hydrogens is 404 g/mol. The summed E-state index contributed by atoms with van der Waals surface area (Å²) < 4.78 is 0. The van der Waals surface area contributed by atoms with E-state index in [4.69, 9.17) is 0 Å². The first-order chi connectivity index (χ1) is 14.1. The highest BCUT2D eigenvalue weighted by Crippen LogP contribution is 2.31. The molecule has 0 spiro atoms. The summed E-state index contributed by atoms with van der Waals surface area (Å²) in [5, 5.41) is 5.82. The van der Waals surface area contributed by atoms with Crippen molar-refractivity contribution in [2.75, 3.05) is 38.0 Å². The fourth-order valence-electron chi connectivity index (χ4n) is 3.28. The molecule has 1 aromatic carbocycles. The summed E-state index contributed by atoms with van der Waals surface area (Å²) in [5.74, 6) is 0.00561. The van der Waals surface area contributed by atoms with Crippen molar-refractivity contribution >= 4 is 40.2 Å². The third kappa shape index (κ3) is 4.72. The first kappa shape index (κ1) is 19.8. The lowest BCUT2D eigenvalue weighted by atomic mass is 10.2. The number of aryl methyl sites for hydroxylation is 1. The molecule has 1 saturated heterocycles. The third-order valence-corrected chi connectivity index (χ3v) is 6.99. The molecular formula is C21H22N4O2S2. The predicted molar refractivity (Wildman–Crippen MR) is 118 cm³/mol. The Morgan fingerprint density at radius 3 is 2.52 bits per heavy atom. The summed E-state index contributed by atoms with van der Waals surface area (Å²) in [4.78, 5) is 35.5. The number of hydrogen-bond acceptors (Lipinski definition) is 6. The molecule has 0 bridgehead atoms. The number of hydrogen-bond donors (Lipinski definition) is 1. The van der Waals surface area contributed by atoms with Crippen LogP contribution in [0.15, 0.2) is 47.8 Å². The molecule has 3 aromatic rings. The van der Waals surface area contributed by atoms with Gasteiger partial charge in [0.25, 0.3) is 5.91 Å². The molecule has 6 nitrogen and oxygen atoms in total. The summed E-state index contributed by atoms with van der Waals surface area (Å²) in [6.45, 7) is 4.82. The van der Waals surface area contributed by atoms with E-state index in [-0.39, 0.29) is 11.8 Å². The molecule has 1 fully saturated rings. The average molecular weight is 427 g/mol. The zero-order chi connectivity index (χ0) is 20.2. The monoisotopic (exact) mass is 426 g/mol. The second kappa shape index (κ2) is 8.86. The number of carbonyl (C=O) groups is 2. The molecule has 1 N–H and O–H groups in total. The van der Waals surface area contributed by atoms with E-state index in [1.807, 2.05) is 59.7 Å². The molecule has 150 valence electrons. The van der Waals surface area contributed by atoms with Crippen LogP contribution in [0.5, 0.6) is 0 Å². The molecule has 0 radical (unpaired) electrons. The van der Waals surface area contributed by atoms with Gasteiger partial charge in [0.2, 0.25) is 5.91 Å². The zero-order valence-electron chi connectivity index (χ0n) is 16.1. The number of anilines is 1. The Hall–Kier alpha value is -2.55. The Morgan fingerprint density at radius 1 is 1.07 bits per heavy atom. The van der Waals surface area contributed by atoms with Crippen molar-refractivity contribution < 1.29 is 9.59 Å². The van der Waals surface area contributed by atoms with Crippen molar-refractivity contribution in [3.8, 4) is 9.88 Å². The van der Waals surface area contributed by atoms with E-state index >= 15 is 0 Å². The van der Waals surface area contributed by atoms with E-state index in [1.54, 1.807) is 11.3 Å². The lowest BCUT2D eigenvalue weighted by Crippen LogP contribution is -2.50. The Balaban J connectivity index is 1.31. The van der Waals surface area contributed by atoms with Gasteiger partial charge in [-0.1, -0.05) is 24.3 Å². The predicted octanol–water partition coefficient (Wildman–Crippen LogP) is 3.58. The standard InChI is InChI=1S/C21H22N4O2S2/c1-15-19(29-20(22-15)17-8-5-13-28-17)21(27)25-11-9-24(10-12-25)14-18(26)23-16-6-3-2-4-7-16/h2-8,13H,9-12,14H2,1H3,(H,23,26). The van der Waals surface area contributed by atoms with Crippen LogP contribution in [0.1, 0.15) is 15.4 Å². The first-order valence-electron chi connectivity index (χ1n) is 9.48. The van der Waals surface area contributed by atoms with Crippen LogP contribution in [-0.4, -0.2) is 59.3 Å². The number of benzene rings is 1. The summed E-state index contributed by atoms with van der Waals surface area (Å²) >= 11 is 3.09. The largest absolute Gasteiger partial charge is 0.335 e. The van der Waals surface area contributed by atoms with Crippen LogP contribution in [0.2, 0.25) is 0 Å². The minimum absolute atomic E-state index is 0.0325. The van der Waals surface area contributed by atoms with E-state index in [2.05, 4.69) is 15.2 Å². The van der Waals surface area contributed by atoms with E-state index in [0.717, 1.165) is 21.3 Å². The number of thiophene rings is 1. The van der Waals surface area contributed by atoms with Crippen molar-refractivity contribution in [3.63, 3.8) is 0 Å². The molecule has 4 rings (SSSR count). The number of nitrogens with zero attached hydrogens (tertiary/aromatic N) is 3. The van der Waals surface area contributed by atoms with Gasteiger partial charge in [-0.25, -0.2) is 4.98 Å². The van der Waals surface area contributed by atoms with Gasteiger partial charge < -0.3 is 10.2 Å². The van der Waals surface area contributed by atoms with Crippen molar-refractivity contribution in [3.05, 3.63) is 58.4 Å².